The van der Waals surface area contributed by atoms with Gasteiger partial charge in [-0.15, -0.1) is 0 Å². The van der Waals surface area contributed by atoms with Gasteiger partial charge in [-0.25, -0.2) is 4.90 Å². The molecule has 10 heavy (non-hydrogen) atoms. The summed E-state index contributed by atoms with van der Waals surface area (Å²) in [6.07, 6.45) is 4.79. The van der Waals surface area contributed by atoms with Crippen molar-refractivity contribution < 1.29 is 4.74 Å². The summed E-state index contributed by atoms with van der Waals surface area (Å²) in [5.74, 6) is 0.692. The molecule has 0 saturated carbocycles. The maximum atomic E-state index is 8.31. The van der Waals surface area contributed by atoms with E-state index in [1.165, 1.54) is 4.90 Å². The average Bonchev–Trinajstić information content (AvgIpc) is 2.67. The van der Waals surface area contributed by atoms with E-state index in [2.05, 4.69) is 0 Å². The molecule has 0 aromatic carbocycles. The van der Waals surface area contributed by atoms with Crippen molar-refractivity contribution in [3.8, 4) is 6.19 Å². The fraction of sp³-hybridized carbons (Fsp3) is 0.571. The zero-order valence-corrected chi connectivity index (χ0v) is 6.16. The van der Waals surface area contributed by atoms with E-state index in [-0.39, 0.29) is 6.10 Å². The van der Waals surface area contributed by atoms with E-state index < -0.39 is 0 Å². The van der Waals surface area contributed by atoms with Crippen molar-refractivity contribution >= 4 is 0 Å². The molecule has 1 heterocycles. The third-order valence-corrected chi connectivity index (χ3v) is 1.41. The van der Waals surface area contributed by atoms with Crippen LogP contribution in [0.4, 0.5) is 0 Å². The molecule has 3 heteroatoms. The number of ether oxygens (including phenoxy) is 1. The number of hydrogen-bond donors (Lipinski definition) is 0. The van der Waals surface area contributed by atoms with Gasteiger partial charge in [0.1, 0.15) is 0 Å². The minimum Gasteiger partial charge on any atom is -0.474 e. The van der Waals surface area contributed by atoms with Crippen molar-refractivity contribution in [2.45, 2.75) is 26.4 Å². The second-order valence-corrected chi connectivity index (χ2v) is 2.27. The predicted octanol–water partition coefficient (Wildman–Crippen LogP) is 1.40. The first kappa shape index (κ1) is 6.94. The summed E-state index contributed by atoms with van der Waals surface area (Å²) in [5, 5.41) is 8.31. The highest BCUT2D eigenvalue weighted by Crippen LogP contribution is 2.22. The molecule has 0 aromatic rings. The topological polar surface area (TPSA) is 36.0 Å². The van der Waals surface area contributed by atoms with E-state index in [1.807, 2.05) is 20.0 Å². The Morgan fingerprint density at radius 1 is 1.90 bits per heavy atom. The van der Waals surface area contributed by atoms with Crippen LogP contribution in [0, 0.1) is 11.5 Å². The van der Waals surface area contributed by atoms with Crippen molar-refractivity contribution in [2.24, 2.45) is 0 Å². The molecule has 0 aromatic heterocycles. The summed E-state index contributed by atoms with van der Waals surface area (Å²) < 4.78 is 5.28. The van der Waals surface area contributed by atoms with Crippen molar-refractivity contribution in [1.29, 1.82) is 5.26 Å². The van der Waals surface area contributed by atoms with Gasteiger partial charge in [0.15, 0.2) is 6.19 Å². The monoisotopic (exact) mass is 138 g/mol. The average molecular weight is 138 g/mol. The van der Waals surface area contributed by atoms with E-state index in [0.717, 1.165) is 6.42 Å². The second kappa shape index (κ2) is 2.61. The lowest BCUT2D eigenvalue weighted by Gasteiger charge is -2.07. The zero-order valence-electron chi connectivity index (χ0n) is 6.16. The van der Waals surface area contributed by atoms with Gasteiger partial charge in [-0.1, -0.05) is 6.92 Å². The highest BCUT2D eigenvalue weighted by Gasteiger charge is 2.23. The molecule has 0 saturated heterocycles. The van der Waals surface area contributed by atoms with Gasteiger partial charge < -0.3 is 4.74 Å². The fourth-order valence-corrected chi connectivity index (χ4v) is 0.536. The highest BCUT2D eigenvalue weighted by molar-refractivity contribution is 5.18. The van der Waals surface area contributed by atoms with Crippen LogP contribution in [0.2, 0.25) is 0 Å². The first-order chi connectivity index (χ1) is 4.77. The summed E-state index contributed by atoms with van der Waals surface area (Å²) in [6.45, 7) is 4.03. The molecule has 1 aliphatic rings. The van der Waals surface area contributed by atoms with Crippen LogP contribution in [0.1, 0.15) is 20.3 Å². The summed E-state index contributed by atoms with van der Waals surface area (Å²) >= 11 is 0. The normalized spacial score (nSPS) is 17.3. The Labute approximate surface area is 60.5 Å². The van der Waals surface area contributed by atoms with Crippen molar-refractivity contribution in [3.05, 3.63) is 12.1 Å². The Bertz CT molecular complexity index is 192. The highest BCUT2D eigenvalue weighted by atomic mass is 16.5. The summed E-state index contributed by atoms with van der Waals surface area (Å²) in [5.41, 5.74) is 0. The van der Waals surface area contributed by atoms with Gasteiger partial charge in [-0.2, -0.15) is 5.26 Å². The van der Waals surface area contributed by atoms with E-state index >= 15 is 0 Å². The molecule has 0 N–H and O–H groups in total. The number of nitrogens with zero attached hydrogens (tertiary/aromatic N) is 2. The summed E-state index contributed by atoms with van der Waals surface area (Å²) in [6, 6.07) is 0. The predicted molar refractivity (Wildman–Crippen MR) is 36.4 cm³/mol. The SMILES string of the molecule is CCC(C)OC1=CN1C#N. The molecular formula is C7H10N2O. The fourth-order valence-electron chi connectivity index (χ4n) is 0.536. The molecule has 0 spiro atoms. The standard InChI is InChI=1S/C7H10N2O/c1-3-6(2)10-7-4-9(7)5-8/h4,6H,3H2,1-2H3. The summed E-state index contributed by atoms with van der Waals surface area (Å²) in [7, 11) is 0. The van der Waals surface area contributed by atoms with Crippen LogP contribution in [0.5, 0.6) is 0 Å². The smallest absolute Gasteiger partial charge is 0.225 e. The third kappa shape index (κ3) is 1.41. The van der Waals surface area contributed by atoms with Gasteiger partial charge in [-0.3, -0.25) is 0 Å². The second-order valence-electron chi connectivity index (χ2n) is 2.27. The van der Waals surface area contributed by atoms with E-state index in [0.29, 0.717) is 5.88 Å². The van der Waals surface area contributed by atoms with Crippen LogP contribution < -0.4 is 0 Å². The van der Waals surface area contributed by atoms with E-state index in [9.17, 15) is 0 Å². The van der Waals surface area contributed by atoms with Gasteiger partial charge >= 0.3 is 0 Å². The Hall–Kier alpha value is -1.17. The van der Waals surface area contributed by atoms with Gasteiger partial charge in [0.05, 0.1) is 12.3 Å². The van der Waals surface area contributed by atoms with Crippen LogP contribution in [-0.2, 0) is 4.74 Å². The van der Waals surface area contributed by atoms with Crippen LogP contribution in [-0.4, -0.2) is 11.0 Å². The first-order valence-corrected chi connectivity index (χ1v) is 3.35. The van der Waals surface area contributed by atoms with Crippen LogP contribution >= 0.6 is 0 Å². The molecule has 0 bridgehead atoms. The number of nitriles is 1. The zero-order chi connectivity index (χ0) is 7.56. The minimum atomic E-state index is 0.213. The number of hydrogen-bond acceptors (Lipinski definition) is 3. The number of rotatable bonds is 3. The van der Waals surface area contributed by atoms with E-state index in [4.69, 9.17) is 10.00 Å². The Morgan fingerprint density at radius 3 is 3.00 bits per heavy atom. The molecule has 54 valence electrons. The summed E-state index contributed by atoms with van der Waals surface area (Å²) in [4.78, 5) is 1.41. The molecule has 1 atom stereocenters. The van der Waals surface area contributed by atoms with Crippen molar-refractivity contribution in [1.82, 2.24) is 4.90 Å². The molecule has 1 unspecified atom stereocenters. The Kier molecular flexibility index (Phi) is 1.81. The third-order valence-electron chi connectivity index (χ3n) is 1.41. The van der Waals surface area contributed by atoms with Crippen LogP contribution in [0.3, 0.4) is 0 Å². The molecule has 0 fully saturated rings. The van der Waals surface area contributed by atoms with Crippen molar-refractivity contribution in [2.75, 3.05) is 0 Å². The maximum absolute atomic E-state index is 8.31. The lowest BCUT2D eigenvalue weighted by molar-refractivity contribution is 0.121. The maximum Gasteiger partial charge on any atom is 0.225 e. The largest absolute Gasteiger partial charge is 0.474 e. The van der Waals surface area contributed by atoms with Gasteiger partial charge in [0.2, 0.25) is 5.88 Å². The van der Waals surface area contributed by atoms with Gasteiger partial charge in [0.25, 0.3) is 0 Å². The molecular weight excluding hydrogens is 128 g/mol. The lowest BCUT2D eigenvalue weighted by atomic mass is 10.3. The minimum absolute atomic E-state index is 0.213. The Balaban J connectivity index is 2.19. The van der Waals surface area contributed by atoms with Crippen LogP contribution in [0.25, 0.3) is 0 Å². The molecule has 0 radical (unpaired) electrons. The van der Waals surface area contributed by atoms with Gasteiger partial charge in [-0.05, 0) is 13.3 Å². The van der Waals surface area contributed by atoms with E-state index in [1.54, 1.807) is 6.20 Å². The molecule has 0 amide bonds. The molecule has 1 aliphatic heterocycles. The Morgan fingerprint density at radius 2 is 2.60 bits per heavy atom. The lowest BCUT2D eigenvalue weighted by Crippen LogP contribution is -2.04. The first-order valence-electron chi connectivity index (χ1n) is 3.35. The molecule has 0 aliphatic carbocycles. The van der Waals surface area contributed by atoms with Gasteiger partial charge in [0, 0.05) is 0 Å². The molecule has 1 rings (SSSR count). The quantitative estimate of drug-likeness (QED) is 0.553. The molecule has 3 nitrogen and oxygen atoms in total. The van der Waals surface area contributed by atoms with Crippen LogP contribution in [0.15, 0.2) is 12.1 Å². The van der Waals surface area contributed by atoms with Crippen molar-refractivity contribution in [3.63, 3.8) is 0 Å².